The Hall–Kier alpha value is -2.66. The van der Waals surface area contributed by atoms with Gasteiger partial charge >= 0.3 is 0 Å². The van der Waals surface area contributed by atoms with Crippen molar-refractivity contribution in [2.24, 2.45) is 0 Å². The van der Waals surface area contributed by atoms with Gasteiger partial charge in [0.25, 0.3) is 0 Å². The standard InChI is InChI=1S/C22H25N3O2/c1-16-6-8-17(9-7-16)15-25-12-10-18(11-13-25)22-23-21(24-27-22)19-4-3-5-20(14-19)26-2/h3-9,14,18H,10-13,15H2,1-2H3. The summed E-state index contributed by atoms with van der Waals surface area (Å²) in [6.45, 7) is 5.23. The van der Waals surface area contributed by atoms with Crippen LogP contribution in [0.1, 0.15) is 35.8 Å². The summed E-state index contributed by atoms with van der Waals surface area (Å²) >= 11 is 0. The summed E-state index contributed by atoms with van der Waals surface area (Å²) in [5, 5.41) is 4.18. The molecule has 5 heteroatoms. The molecule has 0 bridgehead atoms. The van der Waals surface area contributed by atoms with Crippen LogP contribution >= 0.6 is 0 Å². The molecule has 0 amide bonds. The van der Waals surface area contributed by atoms with Crippen molar-refractivity contribution in [2.75, 3.05) is 20.2 Å². The van der Waals surface area contributed by atoms with Gasteiger partial charge in [-0.2, -0.15) is 4.98 Å². The van der Waals surface area contributed by atoms with Crippen LogP contribution in [0.5, 0.6) is 5.75 Å². The quantitative estimate of drug-likeness (QED) is 0.671. The van der Waals surface area contributed by atoms with Crippen LogP contribution in [0.4, 0.5) is 0 Å². The molecule has 140 valence electrons. The van der Waals surface area contributed by atoms with Crippen molar-refractivity contribution in [1.29, 1.82) is 0 Å². The second-order valence-corrected chi connectivity index (χ2v) is 7.22. The number of benzene rings is 2. The lowest BCUT2D eigenvalue weighted by atomic mass is 9.96. The Bertz CT molecular complexity index is 881. The van der Waals surface area contributed by atoms with Gasteiger partial charge in [0.05, 0.1) is 7.11 Å². The molecular weight excluding hydrogens is 338 g/mol. The Morgan fingerprint density at radius 1 is 1.11 bits per heavy atom. The zero-order valence-corrected chi connectivity index (χ0v) is 15.9. The van der Waals surface area contributed by atoms with Gasteiger partial charge in [-0.1, -0.05) is 47.1 Å². The first-order valence-corrected chi connectivity index (χ1v) is 9.47. The summed E-state index contributed by atoms with van der Waals surface area (Å²) in [6, 6.07) is 16.6. The molecule has 1 saturated heterocycles. The first-order valence-electron chi connectivity index (χ1n) is 9.47. The molecule has 0 spiro atoms. The monoisotopic (exact) mass is 363 g/mol. The smallest absolute Gasteiger partial charge is 0.230 e. The van der Waals surface area contributed by atoms with E-state index in [2.05, 4.69) is 46.2 Å². The highest BCUT2D eigenvalue weighted by molar-refractivity contribution is 5.56. The van der Waals surface area contributed by atoms with E-state index in [-0.39, 0.29) is 0 Å². The molecule has 0 saturated carbocycles. The fourth-order valence-electron chi connectivity index (χ4n) is 3.57. The van der Waals surface area contributed by atoms with Crippen molar-refractivity contribution in [3.05, 3.63) is 65.5 Å². The number of likely N-dealkylation sites (tertiary alicyclic amines) is 1. The van der Waals surface area contributed by atoms with Gasteiger partial charge in [-0.25, -0.2) is 0 Å². The van der Waals surface area contributed by atoms with Gasteiger partial charge in [0, 0.05) is 18.0 Å². The maximum absolute atomic E-state index is 5.58. The van der Waals surface area contributed by atoms with Crippen LogP contribution in [0.15, 0.2) is 53.1 Å². The minimum absolute atomic E-state index is 0.339. The number of aryl methyl sites for hydroxylation is 1. The molecule has 2 heterocycles. The van der Waals surface area contributed by atoms with E-state index in [4.69, 9.17) is 9.26 Å². The normalized spacial score (nSPS) is 15.8. The summed E-state index contributed by atoms with van der Waals surface area (Å²) < 4.78 is 10.9. The number of aromatic nitrogens is 2. The fraction of sp³-hybridized carbons (Fsp3) is 0.364. The number of hydrogen-bond acceptors (Lipinski definition) is 5. The number of nitrogens with zero attached hydrogens (tertiary/aromatic N) is 3. The van der Waals surface area contributed by atoms with Crippen LogP contribution < -0.4 is 4.74 Å². The topological polar surface area (TPSA) is 51.4 Å². The first kappa shape index (κ1) is 17.7. The predicted molar refractivity (Wildman–Crippen MR) is 105 cm³/mol. The highest BCUT2D eigenvalue weighted by Crippen LogP contribution is 2.29. The zero-order chi connectivity index (χ0) is 18.6. The molecule has 0 N–H and O–H groups in total. The lowest BCUT2D eigenvalue weighted by Gasteiger charge is -2.30. The Morgan fingerprint density at radius 3 is 2.63 bits per heavy atom. The van der Waals surface area contributed by atoms with Gasteiger partial charge in [0.15, 0.2) is 0 Å². The SMILES string of the molecule is COc1cccc(-c2noc(C3CCN(Cc4ccc(C)cc4)CC3)n2)c1. The average Bonchev–Trinajstić information content (AvgIpc) is 3.21. The summed E-state index contributed by atoms with van der Waals surface area (Å²) in [5.74, 6) is 2.52. The van der Waals surface area contributed by atoms with Crippen molar-refractivity contribution in [3.8, 4) is 17.1 Å². The molecule has 1 fully saturated rings. The summed E-state index contributed by atoms with van der Waals surface area (Å²) in [4.78, 5) is 7.15. The number of rotatable bonds is 5. The van der Waals surface area contributed by atoms with E-state index < -0.39 is 0 Å². The van der Waals surface area contributed by atoms with Crippen LogP contribution in [0.3, 0.4) is 0 Å². The highest BCUT2D eigenvalue weighted by Gasteiger charge is 2.25. The molecule has 0 aliphatic carbocycles. The van der Waals surface area contributed by atoms with E-state index in [0.29, 0.717) is 11.7 Å². The van der Waals surface area contributed by atoms with Crippen molar-refractivity contribution >= 4 is 0 Å². The van der Waals surface area contributed by atoms with Gasteiger partial charge in [-0.05, 0) is 50.6 Å². The lowest BCUT2D eigenvalue weighted by Crippen LogP contribution is -2.32. The molecule has 0 radical (unpaired) electrons. The van der Waals surface area contributed by atoms with E-state index in [9.17, 15) is 0 Å². The number of ether oxygens (including phenoxy) is 1. The van der Waals surface area contributed by atoms with Gasteiger partial charge in [0.2, 0.25) is 11.7 Å². The van der Waals surface area contributed by atoms with Crippen molar-refractivity contribution in [2.45, 2.75) is 32.2 Å². The third kappa shape index (κ3) is 4.19. The molecule has 2 aromatic carbocycles. The van der Waals surface area contributed by atoms with Crippen LogP contribution in [0.2, 0.25) is 0 Å². The predicted octanol–water partition coefficient (Wildman–Crippen LogP) is 4.43. The molecule has 4 rings (SSSR count). The minimum Gasteiger partial charge on any atom is -0.497 e. The zero-order valence-electron chi connectivity index (χ0n) is 15.9. The Morgan fingerprint density at radius 2 is 1.89 bits per heavy atom. The van der Waals surface area contributed by atoms with Crippen molar-refractivity contribution in [1.82, 2.24) is 15.0 Å². The van der Waals surface area contributed by atoms with E-state index in [1.807, 2.05) is 24.3 Å². The van der Waals surface area contributed by atoms with Gasteiger partial charge < -0.3 is 9.26 Å². The van der Waals surface area contributed by atoms with Gasteiger partial charge in [-0.3, -0.25) is 4.90 Å². The third-order valence-electron chi connectivity index (χ3n) is 5.23. The largest absolute Gasteiger partial charge is 0.497 e. The number of methoxy groups -OCH3 is 1. The first-order chi connectivity index (χ1) is 13.2. The van der Waals surface area contributed by atoms with E-state index in [1.54, 1.807) is 7.11 Å². The molecule has 1 aliphatic heterocycles. The lowest BCUT2D eigenvalue weighted by molar-refractivity contribution is 0.187. The molecule has 0 unspecified atom stereocenters. The Kier molecular flexibility index (Phi) is 5.21. The highest BCUT2D eigenvalue weighted by atomic mass is 16.5. The van der Waals surface area contributed by atoms with Crippen LogP contribution in [0.25, 0.3) is 11.4 Å². The van der Waals surface area contributed by atoms with Crippen molar-refractivity contribution in [3.63, 3.8) is 0 Å². The molecule has 5 nitrogen and oxygen atoms in total. The molecule has 3 aromatic rings. The molecule has 1 aliphatic rings. The van der Waals surface area contributed by atoms with E-state index in [1.165, 1.54) is 11.1 Å². The Labute approximate surface area is 160 Å². The summed E-state index contributed by atoms with van der Waals surface area (Å²) in [5.41, 5.74) is 3.60. The van der Waals surface area contributed by atoms with Crippen molar-refractivity contribution < 1.29 is 9.26 Å². The van der Waals surface area contributed by atoms with Crippen LogP contribution in [0, 0.1) is 6.92 Å². The maximum Gasteiger partial charge on any atom is 0.230 e. The van der Waals surface area contributed by atoms with Gasteiger partial charge in [-0.15, -0.1) is 0 Å². The molecule has 27 heavy (non-hydrogen) atoms. The van der Waals surface area contributed by atoms with E-state index >= 15 is 0 Å². The number of hydrogen-bond donors (Lipinski definition) is 0. The average molecular weight is 363 g/mol. The van der Waals surface area contributed by atoms with Crippen LogP contribution in [-0.2, 0) is 6.54 Å². The number of piperidine rings is 1. The molecular formula is C22H25N3O2. The molecule has 0 atom stereocenters. The van der Waals surface area contributed by atoms with Crippen LogP contribution in [-0.4, -0.2) is 35.2 Å². The Balaban J connectivity index is 1.37. The van der Waals surface area contributed by atoms with E-state index in [0.717, 1.165) is 49.7 Å². The second-order valence-electron chi connectivity index (χ2n) is 7.22. The third-order valence-corrected chi connectivity index (χ3v) is 5.23. The second kappa shape index (κ2) is 7.92. The molecule has 1 aromatic heterocycles. The fourth-order valence-corrected chi connectivity index (χ4v) is 3.57. The minimum atomic E-state index is 0.339. The van der Waals surface area contributed by atoms with Gasteiger partial charge in [0.1, 0.15) is 5.75 Å². The summed E-state index contributed by atoms with van der Waals surface area (Å²) in [6.07, 6.45) is 2.09. The maximum atomic E-state index is 5.58. The summed E-state index contributed by atoms with van der Waals surface area (Å²) in [7, 11) is 1.66.